The lowest BCUT2D eigenvalue weighted by Gasteiger charge is -2.34. The van der Waals surface area contributed by atoms with E-state index in [0.717, 1.165) is 37.1 Å². The molecule has 0 bridgehead atoms. The van der Waals surface area contributed by atoms with Crippen molar-refractivity contribution in [1.29, 1.82) is 0 Å². The molecule has 1 aliphatic rings. The van der Waals surface area contributed by atoms with E-state index < -0.39 is 0 Å². The third kappa shape index (κ3) is 4.99. The Hall–Kier alpha value is -2.53. The van der Waals surface area contributed by atoms with Crippen molar-refractivity contribution >= 4 is 11.7 Å². The van der Waals surface area contributed by atoms with Crippen LogP contribution in [0.5, 0.6) is 0 Å². The standard InChI is InChI=1S/C21H27N3O2/c1-26-16-18-8-6-5-7-17(18)15-22-21(25)23-19-11-13-24(14-12-19)20-9-3-2-4-10-20/h2-10,19H,11-16H2,1H3,(H2,22,23,25). The molecule has 1 fully saturated rings. The minimum atomic E-state index is -0.101. The van der Waals surface area contributed by atoms with E-state index in [1.54, 1.807) is 7.11 Å². The number of methoxy groups -OCH3 is 1. The minimum absolute atomic E-state index is 0.101. The molecule has 1 saturated heterocycles. The summed E-state index contributed by atoms with van der Waals surface area (Å²) in [5.74, 6) is 0. The number of piperidine rings is 1. The zero-order chi connectivity index (χ0) is 18.2. The number of carbonyl (C=O) groups is 1. The molecule has 2 N–H and O–H groups in total. The van der Waals surface area contributed by atoms with E-state index in [4.69, 9.17) is 4.74 Å². The number of carbonyl (C=O) groups excluding carboxylic acids is 1. The third-order valence-electron chi connectivity index (χ3n) is 4.81. The van der Waals surface area contributed by atoms with E-state index in [0.29, 0.717) is 13.2 Å². The Morgan fingerprint density at radius 2 is 1.69 bits per heavy atom. The molecule has 26 heavy (non-hydrogen) atoms. The lowest BCUT2D eigenvalue weighted by Crippen LogP contribution is -2.47. The molecule has 0 unspecified atom stereocenters. The molecule has 1 aliphatic heterocycles. The number of nitrogens with zero attached hydrogens (tertiary/aromatic N) is 1. The maximum Gasteiger partial charge on any atom is 0.315 e. The van der Waals surface area contributed by atoms with Crippen molar-refractivity contribution in [2.45, 2.75) is 32.0 Å². The molecule has 5 nitrogen and oxygen atoms in total. The number of urea groups is 1. The van der Waals surface area contributed by atoms with Gasteiger partial charge in [0.25, 0.3) is 0 Å². The molecule has 2 aromatic rings. The molecule has 0 aromatic heterocycles. The minimum Gasteiger partial charge on any atom is -0.380 e. The van der Waals surface area contributed by atoms with Gasteiger partial charge in [-0.1, -0.05) is 42.5 Å². The summed E-state index contributed by atoms with van der Waals surface area (Å²) in [6.07, 6.45) is 1.92. The second-order valence-corrected chi connectivity index (χ2v) is 6.63. The van der Waals surface area contributed by atoms with E-state index in [1.165, 1.54) is 5.69 Å². The second-order valence-electron chi connectivity index (χ2n) is 6.63. The number of amides is 2. The van der Waals surface area contributed by atoms with E-state index in [-0.39, 0.29) is 12.1 Å². The maximum absolute atomic E-state index is 12.2. The summed E-state index contributed by atoms with van der Waals surface area (Å²) in [5, 5.41) is 6.07. The van der Waals surface area contributed by atoms with E-state index in [2.05, 4.69) is 39.8 Å². The summed E-state index contributed by atoms with van der Waals surface area (Å²) >= 11 is 0. The van der Waals surface area contributed by atoms with Crippen molar-refractivity contribution in [1.82, 2.24) is 10.6 Å². The average Bonchev–Trinajstić information content (AvgIpc) is 2.69. The summed E-state index contributed by atoms with van der Waals surface area (Å²) < 4.78 is 5.21. The van der Waals surface area contributed by atoms with Gasteiger partial charge in [0.2, 0.25) is 0 Å². The van der Waals surface area contributed by atoms with Crippen LogP contribution in [-0.2, 0) is 17.9 Å². The molecule has 0 spiro atoms. The average molecular weight is 353 g/mol. The van der Waals surface area contributed by atoms with Gasteiger partial charge in [-0.25, -0.2) is 4.79 Å². The number of rotatable bonds is 6. The fourth-order valence-electron chi connectivity index (χ4n) is 3.36. The predicted octanol–water partition coefficient (Wildman–Crippen LogP) is 3.30. The second kappa shape index (κ2) is 9.25. The van der Waals surface area contributed by atoms with Crippen molar-refractivity contribution in [3.05, 3.63) is 65.7 Å². The molecule has 1 heterocycles. The topological polar surface area (TPSA) is 53.6 Å². The van der Waals surface area contributed by atoms with E-state index in [9.17, 15) is 4.79 Å². The monoisotopic (exact) mass is 353 g/mol. The molecule has 0 radical (unpaired) electrons. The van der Waals surface area contributed by atoms with Crippen molar-refractivity contribution in [2.24, 2.45) is 0 Å². The first-order chi connectivity index (χ1) is 12.8. The van der Waals surface area contributed by atoms with Gasteiger partial charge >= 0.3 is 6.03 Å². The summed E-state index contributed by atoms with van der Waals surface area (Å²) in [5.41, 5.74) is 3.44. The molecule has 2 aromatic carbocycles. The largest absolute Gasteiger partial charge is 0.380 e. The Labute approximate surface area is 155 Å². The van der Waals surface area contributed by atoms with Gasteiger partial charge < -0.3 is 20.3 Å². The summed E-state index contributed by atoms with van der Waals surface area (Å²) in [6.45, 7) is 2.99. The Kier molecular flexibility index (Phi) is 6.50. The highest BCUT2D eigenvalue weighted by molar-refractivity contribution is 5.74. The zero-order valence-electron chi connectivity index (χ0n) is 15.3. The van der Waals surface area contributed by atoms with Gasteiger partial charge in [-0.3, -0.25) is 0 Å². The first-order valence-electron chi connectivity index (χ1n) is 9.16. The molecule has 3 rings (SSSR count). The van der Waals surface area contributed by atoms with E-state index >= 15 is 0 Å². The van der Waals surface area contributed by atoms with Crippen LogP contribution in [0.2, 0.25) is 0 Å². The Balaban J connectivity index is 1.43. The summed E-state index contributed by atoms with van der Waals surface area (Å²) in [4.78, 5) is 14.6. The van der Waals surface area contributed by atoms with Crippen LogP contribution in [0, 0.1) is 0 Å². The van der Waals surface area contributed by atoms with Gasteiger partial charge in [0.05, 0.1) is 6.61 Å². The van der Waals surface area contributed by atoms with Crippen LogP contribution >= 0.6 is 0 Å². The Morgan fingerprint density at radius 1 is 1.04 bits per heavy atom. The highest BCUT2D eigenvalue weighted by Gasteiger charge is 2.20. The van der Waals surface area contributed by atoms with Crippen molar-refractivity contribution in [3.63, 3.8) is 0 Å². The highest BCUT2D eigenvalue weighted by atomic mass is 16.5. The van der Waals surface area contributed by atoms with Crippen LogP contribution in [0.1, 0.15) is 24.0 Å². The molecule has 0 aliphatic carbocycles. The van der Waals surface area contributed by atoms with Crippen molar-refractivity contribution < 1.29 is 9.53 Å². The predicted molar refractivity (Wildman–Crippen MR) is 104 cm³/mol. The van der Waals surface area contributed by atoms with Gasteiger partial charge in [0.15, 0.2) is 0 Å². The highest BCUT2D eigenvalue weighted by Crippen LogP contribution is 2.19. The fourth-order valence-corrected chi connectivity index (χ4v) is 3.36. The number of hydrogen-bond acceptors (Lipinski definition) is 3. The lowest BCUT2D eigenvalue weighted by molar-refractivity contribution is 0.184. The van der Waals surface area contributed by atoms with E-state index in [1.807, 2.05) is 30.3 Å². The van der Waals surface area contributed by atoms with Gasteiger partial charge in [-0.2, -0.15) is 0 Å². The number of benzene rings is 2. The van der Waals surface area contributed by atoms with Crippen LogP contribution in [0.3, 0.4) is 0 Å². The van der Waals surface area contributed by atoms with Crippen LogP contribution in [0.25, 0.3) is 0 Å². The van der Waals surface area contributed by atoms with Crippen LogP contribution < -0.4 is 15.5 Å². The lowest BCUT2D eigenvalue weighted by atomic mass is 10.0. The van der Waals surface area contributed by atoms with Crippen molar-refractivity contribution in [3.8, 4) is 0 Å². The van der Waals surface area contributed by atoms with Gasteiger partial charge in [-0.05, 0) is 36.1 Å². The van der Waals surface area contributed by atoms with Gasteiger partial charge in [0.1, 0.15) is 0 Å². The van der Waals surface area contributed by atoms with Crippen LogP contribution in [0.4, 0.5) is 10.5 Å². The summed E-state index contributed by atoms with van der Waals surface area (Å²) in [6, 6.07) is 18.6. The van der Waals surface area contributed by atoms with Gasteiger partial charge in [-0.15, -0.1) is 0 Å². The maximum atomic E-state index is 12.2. The summed E-state index contributed by atoms with van der Waals surface area (Å²) in [7, 11) is 1.68. The number of ether oxygens (including phenoxy) is 1. The molecule has 0 atom stereocenters. The Bertz CT molecular complexity index is 697. The Morgan fingerprint density at radius 3 is 2.38 bits per heavy atom. The number of nitrogens with one attached hydrogen (secondary N) is 2. The quantitative estimate of drug-likeness (QED) is 0.838. The third-order valence-corrected chi connectivity index (χ3v) is 4.81. The normalized spacial score (nSPS) is 14.9. The van der Waals surface area contributed by atoms with Crippen molar-refractivity contribution in [2.75, 3.05) is 25.1 Å². The number of para-hydroxylation sites is 1. The zero-order valence-corrected chi connectivity index (χ0v) is 15.3. The molecule has 0 saturated carbocycles. The first kappa shape index (κ1) is 18.3. The molecule has 5 heteroatoms. The molecule has 2 amide bonds. The van der Waals surface area contributed by atoms with Crippen LogP contribution in [0.15, 0.2) is 54.6 Å². The first-order valence-corrected chi connectivity index (χ1v) is 9.16. The van der Waals surface area contributed by atoms with Crippen LogP contribution in [-0.4, -0.2) is 32.3 Å². The SMILES string of the molecule is COCc1ccccc1CNC(=O)NC1CCN(c2ccccc2)CC1. The molecule has 138 valence electrons. The number of hydrogen-bond donors (Lipinski definition) is 2. The smallest absolute Gasteiger partial charge is 0.315 e. The number of anilines is 1. The van der Waals surface area contributed by atoms with Gasteiger partial charge in [0, 0.05) is 38.5 Å². The fraction of sp³-hybridized carbons (Fsp3) is 0.381. The molecular formula is C21H27N3O2. The molecular weight excluding hydrogens is 326 g/mol.